The molecule has 0 radical (unpaired) electrons. The van der Waals surface area contributed by atoms with Gasteiger partial charge in [-0.2, -0.15) is 0 Å². The first-order valence-corrected chi connectivity index (χ1v) is 11.9. The first kappa shape index (κ1) is 22.7. The van der Waals surface area contributed by atoms with Crippen molar-refractivity contribution in [1.29, 1.82) is 0 Å². The van der Waals surface area contributed by atoms with Crippen LogP contribution in [0.25, 0.3) is 11.3 Å². The molecule has 2 aromatic heterocycles. The van der Waals surface area contributed by atoms with Gasteiger partial charge in [-0.05, 0) is 24.1 Å². The lowest BCUT2D eigenvalue weighted by molar-refractivity contribution is -0.113. The van der Waals surface area contributed by atoms with Crippen molar-refractivity contribution in [3.8, 4) is 17.0 Å². The van der Waals surface area contributed by atoms with Crippen LogP contribution in [0, 0.1) is 5.82 Å². The number of thiazole rings is 1. The molecule has 0 saturated carbocycles. The van der Waals surface area contributed by atoms with Crippen LogP contribution in [-0.2, 0) is 17.8 Å². The number of aromatic nitrogens is 4. The van der Waals surface area contributed by atoms with Crippen LogP contribution in [0.5, 0.6) is 5.75 Å². The summed E-state index contributed by atoms with van der Waals surface area (Å²) in [5.74, 6) is 5.74. The third-order valence-corrected chi connectivity index (χ3v) is 6.37. The second-order valence-corrected chi connectivity index (χ2v) is 8.71. The van der Waals surface area contributed by atoms with Crippen LogP contribution in [0.3, 0.4) is 0 Å². The highest BCUT2D eigenvalue weighted by atomic mass is 32.2. The van der Waals surface area contributed by atoms with Crippen LogP contribution < -0.4 is 15.9 Å². The van der Waals surface area contributed by atoms with E-state index in [1.807, 2.05) is 17.5 Å². The molecule has 0 aliphatic rings. The zero-order valence-electron chi connectivity index (χ0n) is 17.7. The van der Waals surface area contributed by atoms with E-state index in [4.69, 9.17) is 10.6 Å². The van der Waals surface area contributed by atoms with E-state index < -0.39 is 5.82 Å². The molecule has 3 N–H and O–H groups in total. The molecule has 4 rings (SSSR count). The van der Waals surface area contributed by atoms with Crippen LogP contribution in [0.15, 0.2) is 59.1 Å². The standard InChI is InChI=1S/C22H21FN6O2S2/c1-2-14-7-9-15(10-8-14)17-12-32-21(25-17)26-20(30)13-33-22-28-27-19(29(22)24)11-31-18-6-4-3-5-16(18)23/h3-10,12H,2,11,13,24H2,1H3,(H,25,26,30). The lowest BCUT2D eigenvalue weighted by Gasteiger charge is -2.07. The first-order chi connectivity index (χ1) is 16.0. The SMILES string of the molecule is CCc1ccc(-c2csc(NC(=O)CSc3nnc(COc4ccccc4F)n3N)n2)cc1. The van der Waals surface area contributed by atoms with Crippen molar-refractivity contribution in [2.75, 3.05) is 16.9 Å². The molecule has 0 spiro atoms. The van der Waals surface area contributed by atoms with Gasteiger partial charge in [0.25, 0.3) is 0 Å². The molecule has 0 saturated heterocycles. The summed E-state index contributed by atoms with van der Waals surface area (Å²) in [6.45, 7) is 2.05. The number of anilines is 1. The van der Waals surface area contributed by atoms with Gasteiger partial charge in [-0.25, -0.2) is 14.1 Å². The number of nitrogens with one attached hydrogen (secondary N) is 1. The number of rotatable bonds is 9. The van der Waals surface area contributed by atoms with Gasteiger partial charge in [-0.3, -0.25) is 4.79 Å². The van der Waals surface area contributed by atoms with Crippen LogP contribution in [0.4, 0.5) is 9.52 Å². The number of carbonyl (C=O) groups excluding carboxylic acids is 1. The second kappa shape index (κ2) is 10.5. The minimum Gasteiger partial charge on any atom is -0.482 e. The van der Waals surface area contributed by atoms with Gasteiger partial charge in [0.15, 0.2) is 22.5 Å². The van der Waals surface area contributed by atoms with E-state index in [0.717, 1.165) is 29.4 Å². The summed E-state index contributed by atoms with van der Waals surface area (Å²) in [5.41, 5.74) is 3.07. The second-order valence-electron chi connectivity index (χ2n) is 6.91. The molecular formula is C22H21FN6O2S2. The van der Waals surface area contributed by atoms with Crippen molar-refractivity contribution in [1.82, 2.24) is 19.9 Å². The maximum Gasteiger partial charge on any atom is 0.236 e. The van der Waals surface area contributed by atoms with E-state index >= 15 is 0 Å². The lowest BCUT2D eigenvalue weighted by atomic mass is 10.1. The van der Waals surface area contributed by atoms with Crippen molar-refractivity contribution in [3.63, 3.8) is 0 Å². The molecule has 170 valence electrons. The number of para-hydroxylation sites is 1. The average molecular weight is 485 g/mol. The fourth-order valence-electron chi connectivity index (χ4n) is 2.87. The van der Waals surface area contributed by atoms with Crippen LogP contribution in [0.2, 0.25) is 0 Å². The quantitative estimate of drug-likeness (QED) is 0.272. The summed E-state index contributed by atoms with van der Waals surface area (Å²) in [4.78, 5) is 16.8. The number of ether oxygens (including phenoxy) is 1. The number of aryl methyl sites for hydroxylation is 1. The molecule has 2 heterocycles. The zero-order chi connectivity index (χ0) is 23.2. The molecule has 2 aromatic carbocycles. The lowest BCUT2D eigenvalue weighted by Crippen LogP contribution is -2.18. The van der Waals surface area contributed by atoms with E-state index in [0.29, 0.717) is 16.1 Å². The number of nitrogens with two attached hydrogens (primary N) is 1. The third kappa shape index (κ3) is 5.68. The number of hydrogen-bond acceptors (Lipinski definition) is 8. The molecule has 0 bridgehead atoms. The van der Waals surface area contributed by atoms with Gasteiger partial charge in [0, 0.05) is 10.9 Å². The van der Waals surface area contributed by atoms with Crippen molar-refractivity contribution in [2.45, 2.75) is 25.1 Å². The molecule has 11 heteroatoms. The predicted molar refractivity (Wildman–Crippen MR) is 127 cm³/mol. The zero-order valence-corrected chi connectivity index (χ0v) is 19.3. The number of nitrogen functional groups attached to an aromatic ring is 1. The van der Waals surface area contributed by atoms with Gasteiger partial charge in [0.2, 0.25) is 11.1 Å². The predicted octanol–water partition coefficient (Wildman–Crippen LogP) is 4.13. The van der Waals surface area contributed by atoms with Crippen molar-refractivity contribution < 1.29 is 13.9 Å². The molecule has 0 atom stereocenters. The van der Waals surface area contributed by atoms with Gasteiger partial charge in [-0.1, -0.05) is 55.1 Å². The Morgan fingerprint density at radius 3 is 2.76 bits per heavy atom. The first-order valence-electron chi connectivity index (χ1n) is 10.1. The highest BCUT2D eigenvalue weighted by Crippen LogP contribution is 2.26. The smallest absolute Gasteiger partial charge is 0.236 e. The van der Waals surface area contributed by atoms with Gasteiger partial charge in [0.05, 0.1) is 11.4 Å². The van der Waals surface area contributed by atoms with E-state index in [-0.39, 0.29) is 24.0 Å². The van der Waals surface area contributed by atoms with E-state index in [9.17, 15) is 9.18 Å². The topological polar surface area (TPSA) is 108 Å². The Kier molecular flexibility index (Phi) is 7.20. The summed E-state index contributed by atoms with van der Waals surface area (Å²) in [6, 6.07) is 14.2. The summed E-state index contributed by atoms with van der Waals surface area (Å²) in [5, 5.41) is 13.5. The molecular weight excluding hydrogens is 463 g/mol. The Labute approximate surface area is 198 Å². The van der Waals surface area contributed by atoms with Crippen LogP contribution >= 0.6 is 23.1 Å². The van der Waals surface area contributed by atoms with E-state index in [1.165, 1.54) is 33.7 Å². The maximum atomic E-state index is 13.7. The monoisotopic (exact) mass is 484 g/mol. The van der Waals surface area contributed by atoms with Gasteiger partial charge >= 0.3 is 0 Å². The highest BCUT2D eigenvalue weighted by Gasteiger charge is 2.15. The number of thioether (sulfide) groups is 1. The highest BCUT2D eigenvalue weighted by molar-refractivity contribution is 7.99. The number of halogens is 1. The van der Waals surface area contributed by atoms with E-state index in [1.54, 1.807) is 12.1 Å². The van der Waals surface area contributed by atoms with Gasteiger partial charge < -0.3 is 15.9 Å². The normalized spacial score (nSPS) is 10.8. The van der Waals surface area contributed by atoms with Crippen molar-refractivity contribution in [2.24, 2.45) is 0 Å². The number of nitrogens with zero attached hydrogens (tertiary/aromatic N) is 4. The molecule has 0 aliphatic carbocycles. The van der Waals surface area contributed by atoms with Gasteiger partial charge in [0.1, 0.15) is 6.61 Å². The van der Waals surface area contributed by atoms with Gasteiger partial charge in [-0.15, -0.1) is 21.5 Å². The van der Waals surface area contributed by atoms with E-state index in [2.05, 4.69) is 39.6 Å². The molecule has 1 amide bonds. The maximum absolute atomic E-state index is 13.7. The fourth-order valence-corrected chi connectivity index (χ4v) is 4.28. The Bertz CT molecular complexity index is 1240. The number of carbonyl (C=O) groups is 1. The summed E-state index contributed by atoms with van der Waals surface area (Å²) < 4.78 is 20.3. The number of benzene rings is 2. The number of hydrogen-bond donors (Lipinski definition) is 2. The summed E-state index contributed by atoms with van der Waals surface area (Å²) in [7, 11) is 0. The summed E-state index contributed by atoms with van der Waals surface area (Å²) in [6.07, 6.45) is 0.979. The molecule has 0 unspecified atom stereocenters. The third-order valence-electron chi connectivity index (χ3n) is 4.67. The Morgan fingerprint density at radius 2 is 2.00 bits per heavy atom. The molecule has 33 heavy (non-hydrogen) atoms. The van der Waals surface area contributed by atoms with Crippen molar-refractivity contribution >= 4 is 34.1 Å². The minimum absolute atomic E-state index is 0.0572. The number of amides is 1. The summed E-state index contributed by atoms with van der Waals surface area (Å²) >= 11 is 2.49. The minimum atomic E-state index is -0.477. The fraction of sp³-hybridized carbons (Fsp3) is 0.182. The van der Waals surface area contributed by atoms with Crippen LogP contribution in [0.1, 0.15) is 18.3 Å². The molecule has 0 fully saturated rings. The molecule has 8 nitrogen and oxygen atoms in total. The molecule has 0 aliphatic heterocycles. The largest absolute Gasteiger partial charge is 0.482 e. The average Bonchev–Trinajstić information content (AvgIpc) is 3.44. The Balaban J connectivity index is 1.29. The molecule has 4 aromatic rings. The Morgan fingerprint density at radius 1 is 1.21 bits per heavy atom. The Hall–Kier alpha value is -3.44. The van der Waals surface area contributed by atoms with Crippen LogP contribution in [-0.4, -0.2) is 31.5 Å². The van der Waals surface area contributed by atoms with Crippen molar-refractivity contribution in [3.05, 3.63) is 71.1 Å².